The minimum Gasteiger partial charge on any atom is -0.356 e. The first-order valence-electron chi connectivity index (χ1n) is 7.95. The maximum absolute atomic E-state index is 8.40. The van der Waals surface area contributed by atoms with E-state index >= 15 is 0 Å². The van der Waals surface area contributed by atoms with E-state index in [1.807, 2.05) is 13.8 Å². The second-order valence-corrected chi connectivity index (χ2v) is 5.88. The van der Waals surface area contributed by atoms with Gasteiger partial charge in [0.2, 0.25) is 0 Å². The molecule has 0 aromatic rings. The van der Waals surface area contributed by atoms with E-state index in [2.05, 4.69) is 50.0 Å². The van der Waals surface area contributed by atoms with Gasteiger partial charge < -0.3 is 4.90 Å². The standard InChI is InChI=1S/C16H24N2.C2H6/c1-12-5-4-6-15(8-7-12)16(17)18-10-13(2)9-14(3)11-18;1-2/h5-8,13-14,17H,4,9-11H2,1-3H3;1-2H3. The number of hydrogen-bond donors (Lipinski definition) is 1. The molecule has 0 spiro atoms. The smallest absolute Gasteiger partial charge is 0.127 e. The van der Waals surface area contributed by atoms with Gasteiger partial charge in [-0.05, 0) is 31.6 Å². The van der Waals surface area contributed by atoms with Gasteiger partial charge in [-0.25, -0.2) is 0 Å². The van der Waals surface area contributed by atoms with Crippen LogP contribution in [-0.2, 0) is 0 Å². The third kappa shape index (κ3) is 4.66. The van der Waals surface area contributed by atoms with Crippen molar-refractivity contribution in [2.45, 2.75) is 47.5 Å². The van der Waals surface area contributed by atoms with Crippen LogP contribution in [0, 0.1) is 17.2 Å². The summed E-state index contributed by atoms with van der Waals surface area (Å²) in [6.45, 7) is 12.8. The summed E-state index contributed by atoms with van der Waals surface area (Å²) < 4.78 is 0. The van der Waals surface area contributed by atoms with Crippen molar-refractivity contribution >= 4 is 5.84 Å². The molecular formula is C18H30N2. The summed E-state index contributed by atoms with van der Waals surface area (Å²) in [5.41, 5.74) is 2.36. The van der Waals surface area contributed by atoms with Crippen LogP contribution in [0.5, 0.6) is 0 Å². The van der Waals surface area contributed by atoms with Crippen LogP contribution < -0.4 is 0 Å². The molecule has 2 rings (SSSR count). The van der Waals surface area contributed by atoms with Crippen molar-refractivity contribution in [3.8, 4) is 0 Å². The van der Waals surface area contributed by atoms with E-state index < -0.39 is 0 Å². The Labute approximate surface area is 124 Å². The summed E-state index contributed by atoms with van der Waals surface area (Å²) >= 11 is 0. The maximum atomic E-state index is 8.40. The van der Waals surface area contributed by atoms with Gasteiger partial charge in [-0.15, -0.1) is 0 Å². The van der Waals surface area contributed by atoms with Crippen molar-refractivity contribution in [3.63, 3.8) is 0 Å². The van der Waals surface area contributed by atoms with E-state index in [1.54, 1.807) is 0 Å². The molecule has 1 saturated heterocycles. The van der Waals surface area contributed by atoms with Gasteiger partial charge in [0.25, 0.3) is 0 Å². The minimum absolute atomic E-state index is 0.698. The molecule has 1 heterocycles. The van der Waals surface area contributed by atoms with Crippen LogP contribution >= 0.6 is 0 Å². The molecular weight excluding hydrogens is 244 g/mol. The summed E-state index contributed by atoms with van der Waals surface area (Å²) in [6, 6.07) is 0. The van der Waals surface area contributed by atoms with Crippen molar-refractivity contribution in [1.82, 2.24) is 4.90 Å². The third-order valence-corrected chi connectivity index (χ3v) is 3.76. The topological polar surface area (TPSA) is 27.1 Å². The maximum Gasteiger partial charge on any atom is 0.127 e. The summed E-state index contributed by atoms with van der Waals surface area (Å²) in [5, 5.41) is 8.40. The fraction of sp³-hybridized carbons (Fsp3) is 0.611. The SMILES string of the molecule is CC.CC1=CCC=C(C(=N)N2CC(C)CC(C)C2)C=C1. The Kier molecular flexibility index (Phi) is 6.77. The lowest BCUT2D eigenvalue weighted by atomic mass is 9.91. The number of rotatable bonds is 1. The molecule has 1 aliphatic carbocycles. The van der Waals surface area contributed by atoms with Crippen molar-refractivity contribution in [3.05, 3.63) is 35.5 Å². The van der Waals surface area contributed by atoms with E-state index in [-0.39, 0.29) is 0 Å². The number of hydrogen-bond acceptors (Lipinski definition) is 1. The molecule has 1 aliphatic heterocycles. The Morgan fingerprint density at radius 2 is 1.70 bits per heavy atom. The highest BCUT2D eigenvalue weighted by atomic mass is 15.2. The highest BCUT2D eigenvalue weighted by molar-refractivity contribution is 5.98. The molecule has 0 radical (unpaired) electrons. The molecule has 2 nitrogen and oxygen atoms in total. The minimum atomic E-state index is 0.698. The van der Waals surface area contributed by atoms with Crippen LogP contribution in [0.1, 0.15) is 47.5 Å². The van der Waals surface area contributed by atoms with Crippen LogP contribution in [0.3, 0.4) is 0 Å². The van der Waals surface area contributed by atoms with Crippen molar-refractivity contribution < 1.29 is 0 Å². The lowest BCUT2D eigenvalue weighted by Gasteiger charge is -2.36. The van der Waals surface area contributed by atoms with Crippen LogP contribution in [0.15, 0.2) is 35.5 Å². The highest BCUT2D eigenvalue weighted by Gasteiger charge is 2.24. The van der Waals surface area contributed by atoms with Gasteiger partial charge in [0, 0.05) is 18.7 Å². The van der Waals surface area contributed by atoms with Crippen LogP contribution in [-0.4, -0.2) is 23.8 Å². The summed E-state index contributed by atoms with van der Waals surface area (Å²) in [6.07, 6.45) is 10.8. The molecule has 112 valence electrons. The molecule has 2 unspecified atom stereocenters. The average molecular weight is 274 g/mol. The molecule has 0 aromatic carbocycles. The predicted molar refractivity (Wildman–Crippen MR) is 89.2 cm³/mol. The molecule has 20 heavy (non-hydrogen) atoms. The Balaban J connectivity index is 0.000000956. The quantitative estimate of drug-likeness (QED) is 0.539. The first-order valence-corrected chi connectivity index (χ1v) is 7.95. The van der Waals surface area contributed by atoms with E-state index in [4.69, 9.17) is 5.41 Å². The Morgan fingerprint density at radius 3 is 2.30 bits per heavy atom. The summed E-state index contributed by atoms with van der Waals surface area (Å²) in [5.74, 6) is 2.10. The molecule has 0 bridgehead atoms. The van der Waals surface area contributed by atoms with E-state index in [9.17, 15) is 0 Å². The number of piperidine rings is 1. The molecule has 0 aromatic heterocycles. The van der Waals surface area contributed by atoms with E-state index in [1.165, 1.54) is 12.0 Å². The fourth-order valence-corrected chi connectivity index (χ4v) is 2.93. The van der Waals surface area contributed by atoms with Crippen molar-refractivity contribution in [1.29, 1.82) is 5.41 Å². The van der Waals surface area contributed by atoms with Crippen molar-refractivity contribution in [2.24, 2.45) is 11.8 Å². The average Bonchev–Trinajstić information content (AvgIpc) is 2.64. The van der Waals surface area contributed by atoms with Gasteiger partial charge in [0.1, 0.15) is 5.84 Å². The Morgan fingerprint density at radius 1 is 1.10 bits per heavy atom. The molecule has 1 fully saturated rings. The number of likely N-dealkylation sites (tertiary alicyclic amines) is 1. The third-order valence-electron chi connectivity index (χ3n) is 3.76. The molecule has 2 aliphatic rings. The Bertz CT molecular complexity index is 405. The molecule has 0 amide bonds. The van der Waals surface area contributed by atoms with Crippen LogP contribution in [0.2, 0.25) is 0 Å². The second-order valence-electron chi connectivity index (χ2n) is 5.88. The molecule has 2 heteroatoms. The lowest BCUT2D eigenvalue weighted by Crippen LogP contribution is -2.42. The second kappa shape index (κ2) is 8.08. The monoisotopic (exact) mass is 274 g/mol. The number of amidine groups is 1. The van der Waals surface area contributed by atoms with Gasteiger partial charge in [-0.1, -0.05) is 57.6 Å². The molecule has 2 atom stereocenters. The van der Waals surface area contributed by atoms with Gasteiger partial charge in [0.05, 0.1) is 0 Å². The zero-order valence-corrected chi connectivity index (χ0v) is 13.7. The van der Waals surface area contributed by atoms with E-state index in [0.717, 1.165) is 25.1 Å². The number of nitrogens with zero attached hydrogens (tertiary/aromatic N) is 1. The largest absolute Gasteiger partial charge is 0.356 e. The van der Waals surface area contributed by atoms with Crippen LogP contribution in [0.25, 0.3) is 0 Å². The van der Waals surface area contributed by atoms with Gasteiger partial charge in [0.15, 0.2) is 0 Å². The number of nitrogens with one attached hydrogen (secondary N) is 1. The summed E-state index contributed by atoms with van der Waals surface area (Å²) in [4.78, 5) is 2.25. The first-order chi connectivity index (χ1) is 9.56. The van der Waals surface area contributed by atoms with Gasteiger partial charge >= 0.3 is 0 Å². The molecule has 1 N–H and O–H groups in total. The predicted octanol–water partition coefficient (Wildman–Crippen LogP) is 4.80. The van der Waals surface area contributed by atoms with E-state index in [0.29, 0.717) is 17.7 Å². The fourth-order valence-electron chi connectivity index (χ4n) is 2.93. The van der Waals surface area contributed by atoms with Gasteiger partial charge in [-0.2, -0.15) is 0 Å². The van der Waals surface area contributed by atoms with Crippen molar-refractivity contribution in [2.75, 3.05) is 13.1 Å². The Hall–Kier alpha value is -1.31. The summed E-state index contributed by atoms with van der Waals surface area (Å²) in [7, 11) is 0. The first kappa shape index (κ1) is 16.7. The van der Waals surface area contributed by atoms with Crippen LogP contribution in [0.4, 0.5) is 0 Å². The number of allylic oxidation sites excluding steroid dienone is 4. The normalized spacial score (nSPS) is 25.9. The zero-order valence-electron chi connectivity index (χ0n) is 13.7. The lowest BCUT2D eigenvalue weighted by molar-refractivity contribution is 0.213. The zero-order chi connectivity index (χ0) is 15.1. The highest BCUT2D eigenvalue weighted by Crippen LogP contribution is 2.23. The molecule has 0 saturated carbocycles. The van der Waals surface area contributed by atoms with Gasteiger partial charge in [-0.3, -0.25) is 5.41 Å².